The zero-order valence-corrected chi connectivity index (χ0v) is 16.3. The van der Waals surface area contributed by atoms with Crippen LogP contribution in [0.3, 0.4) is 0 Å². The maximum absolute atomic E-state index is 12.1. The molecule has 0 fully saturated rings. The van der Waals surface area contributed by atoms with Crippen molar-refractivity contribution in [1.29, 1.82) is 0 Å². The molecule has 6 nitrogen and oxygen atoms in total. The number of rotatable bonds is 8. The van der Waals surface area contributed by atoms with Gasteiger partial charge in [-0.3, -0.25) is 4.99 Å². The summed E-state index contributed by atoms with van der Waals surface area (Å²) in [6.45, 7) is 10.0. The fourth-order valence-corrected chi connectivity index (χ4v) is 2.93. The van der Waals surface area contributed by atoms with Gasteiger partial charge in [-0.15, -0.1) is 0 Å². The molecule has 0 aliphatic rings. The van der Waals surface area contributed by atoms with Gasteiger partial charge < -0.3 is 15.4 Å². The van der Waals surface area contributed by atoms with E-state index in [1.165, 1.54) is 0 Å². The molecule has 140 valence electrons. The molecule has 0 aromatic heterocycles. The van der Waals surface area contributed by atoms with Crippen molar-refractivity contribution in [3.05, 3.63) is 42.5 Å². The Morgan fingerprint density at radius 3 is 2.56 bits per heavy atom. The third-order valence-electron chi connectivity index (χ3n) is 3.60. The number of aliphatic imine (C=N–C) groups is 1. The first-order valence-electron chi connectivity index (χ1n) is 8.19. The molecule has 0 aliphatic heterocycles. The number of benzene rings is 1. The third kappa shape index (κ3) is 6.78. The standard InChI is InChI=1S/C18H29N3O3S/c1-6-12-24-16-10-8-7-9-15(16)14-21-17(19-5)20-11-13-25(22,23)18(2,3)4/h6-10H,1,11-14H2,2-5H3,(H2,19,20,21). The van der Waals surface area contributed by atoms with Gasteiger partial charge in [-0.2, -0.15) is 0 Å². The van der Waals surface area contributed by atoms with Gasteiger partial charge in [0.25, 0.3) is 0 Å². The molecule has 0 aliphatic carbocycles. The predicted octanol–water partition coefficient (Wildman–Crippen LogP) is 2.13. The third-order valence-corrected chi connectivity index (χ3v) is 6.20. The van der Waals surface area contributed by atoms with Crippen molar-refractivity contribution in [3.63, 3.8) is 0 Å². The summed E-state index contributed by atoms with van der Waals surface area (Å²) in [7, 11) is -1.51. The number of guanidine groups is 1. The van der Waals surface area contributed by atoms with E-state index in [4.69, 9.17) is 4.74 Å². The number of hydrogen-bond acceptors (Lipinski definition) is 4. The minimum absolute atomic E-state index is 0.0518. The van der Waals surface area contributed by atoms with Crippen LogP contribution in [0.25, 0.3) is 0 Å². The first kappa shape index (κ1) is 21.0. The van der Waals surface area contributed by atoms with E-state index in [2.05, 4.69) is 22.2 Å². The quantitative estimate of drug-likeness (QED) is 0.418. The molecule has 0 heterocycles. The van der Waals surface area contributed by atoms with E-state index in [0.717, 1.165) is 11.3 Å². The highest BCUT2D eigenvalue weighted by molar-refractivity contribution is 7.92. The molecular formula is C18H29N3O3S. The van der Waals surface area contributed by atoms with Crippen LogP contribution in [0.15, 0.2) is 41.9 Å². The van der Waals surface area contributed by atoms with Crippen LogP contribution in [-0.2, 0) is 16.4 Å². The maximum atomic E-state index is 12.1. The molecular weight excluding hydrogens is 338 g/mol. The average Bonchev–Trinajstić information content (AvgIpc) is 2.55. The minimum atomic E-state index is -3.16. The van der Waals surface area contributed by atoms with Gasteiger partial charge in [0.05, 0.1) is 10.5 Å². The van der Waals surface area contributed by atoms with Gasteiger partial charge in [0.15, 0.2) is 15.8 Å². The van der Waals surface area contributed by atoms with Crippen LogP contribution in [0, 0.1) is 0 Å². The van der Waals surface area contributed by atoms with E-state index < -0.39 is 14.6 Å². The second-order valence-electron chi connectivity index (χ2n) is 6.49. The maximum Gasteiger partial charge on any atom is 0.191 e. The van der Waals surface area contributed by atoms with Crippen LogP contribution < -0.4 is 15.4 Å². The monoisotopic (exact) mass is 367 g/mol. The van der Waals surface area contributed by atoms with E-state index in [9.17, 15) is 8.42 Å². The summed E-state index contributed by atoms with van der Waals surface area (Å²) in [5, 5.41) is 6.20. The van der Waals surface area contributed by atoms with Crippen molar-refractivity contribution in [2.75, 3.05) is 26.0 Å². The number of nitrogens with one attached hydrogen (secondary N) is 2. The van der Waals surface area contributed by atoms with E-state index in [1.807, 2.05) is 24.3 Å². The zero-order valence-electron chi connectivity index (χ0n) is 15.5. The highest BCUT2D eigenvalue weighted by atomic mass is 32.2. The fourth-order valence-electron chi connectivity index (χ4n) is 1.95. The molecule has 0 saturated heterocycles. The molecule has 0 atom stereocenters. The first-order chi connectivity index (χ1) is 11.7. The zero-order chi connectivity index (χ0) is 18.9. The van der Waals surface area contributed by atoms with Gasteiger partial charge in [0.2, 0.25) is 0 Å². The van der Waals surface area contributed by atoms with Crippen molar-refractivity contribution in [3.8, 4) is 5.75 Å². The molecule has 0 radical (unpaired) electrons. The van der Waals surface area contributed by atoms with E-state index in [0.29, 0.717) is 25.7 Å². The number of para-hydroxylation sites is 1. The van der Waals surface area contributed by atoms with E-state index in [-0.39, 0.29) is 5.75 Å². The normalized spacial score (nSPS) is 12.6. The lowest BCUT2D eigenvalue weighted by molar-refractivity contribution is 0.358. The Bertz CT molecular complexity index is 692. The first-order valence-corrected chi connectivity index (χ1v) is 9.85. The Morgan fingerprint density at radius 2 is 1.96 bits per heavy atom. The van der Waals surface area contributed by atoms with Gasteiger partial charge >= 0.3 is 0 Å². The second kappa shape index (κ2) is 9.46. The van der Waals surface area contributed by atoms with Crippen molar-refractivity contribution in [1.82, 2.24) is 10.6 Å². The van der Waals surface area contributed by atoms with Crippen LogP contribution in [0.5, 0.6) is 5.75 Å². The molecule has 1 aromatic rings. The van der Waals surface area contributed by atoms with Gasteiger partial charge in [-0.05, 0) is 26.8 Å². The van der Waals surface area contributed by atoms with Crippen molar-refractivity contribution in [2.45, 2.75) is 32.1 Å². The second-order valence-corrected chi connectivity index (χ2v) is 9.35. The van der Waals surface area contributed by atoms with Crippen molar-refractivity contribution in [2.24, 2.45) is 4.99 Å². The summed E-state index contributed by atoms with van der Waals surface area (Å²) in [5.41, 5.74) is 0.981. The van der Waals surface area contributed by atoms with Gasteiger partial charge in [0, 0.05) is 25.7 Å². The van der Waals surface area contributed by atoms with E-state index in [1.54, 1.807) is 33.9 Å². The Labute approximate surface area is 151 Å². The molecule has 0 spiro atoms. The van der Waals surface area contributed by atoms with Gasteiger partial charge in [-0.25, -0.2) is 8.42 Å². The number of nitrogens with zero attached hydrogens (tertiary/aromatic N) is 1. The molecule has 25 heavy (non-hydrogen) atoms. The minimum Gasteiger partial charge on any atom is -0.489 e. The Hall–Kier alpha value is -2.02. The predicted molar refractivity (Wildman–Crippen MR) is 104 cm³/mol. The lowest BCUT2D eigenvalue weighted by Crippen LogP contribution is -2.41. The summed E-state index contributed by atoms with van der Waals surface area (Å²) < 4.78 is 29.1. The lowest BCUT2D eigenvalue weighted by Gasteiger charge is -2.20. The average molecular weight is 368 g/mol. The van der Waals surface area contributed by atoms with Crippen LogP contribution in [-0.4, -0.2) is 45.1 Å². The largest absolute Gasteiger partial charge is 0.489 e. The molecule has 0 bridgehead atoms. The summed E-state index contributed by atoms with van der Waals surface area (Å²) >= 11 is 0. The fraction of sp³-hybridized carbons (Fsp3) is 0.500. The molecule has 2 N–H and O–H groups in total. The van der Waals surface area contributed by atoms with E-state index >= 15 is 0 Å². The van der Waals surface area contributed by atoms with Crippen LogP contribution in [0.4, 0.5) is 0 Å². The summed E-state index contributed by atoms with van der Waals surface area (Å²) in [6.07, 6.45) is 1.69. The Kier molecular flexibility index (Phi) is 7.96. The molecule has 1 aromatic carbocycles. The topological polar surface area (TPSA) is 79.8 Å². The summed E-state index contributed by atoms with van der Waals surface area (Å²) in [5.74, 6) is 1.37. The van der Waals surface area contributed by atoms with Gasteiger partial charge in [0.1, 0.15) is 12.4 Å². The molecule has 0 amide bonds. The molecule has 0 unspecified atom stereocenters. The summed E-state index contributed by atoms with van der Waals surface area (Å²) in [6, 6.07) is 7.70. The highest BCUT2D eigenvalue weighted by Gasteiger charge is 2.28. The molecule has 1 rings (SSSR count). The number of sulfone groups is 1. The molecule has 0 saturated carbocycles. The highest BCUT2D eigenvalue weighted by Crippen LogP contribution is 2.17. The van der Waals surface area contributed by atoms with Crippen LogP contribution in [0.1, 0.15) is 26.3 Å². The summed E-state index contributed by atoms with van der Waals surface area (Å²) in [4.78, 5) is 4.12. The van der Waals surface area contributed by atoms with Crippen LogP contribution in [0.2, 0.25) is 0 Å². The Balaban J connectivity index is 2.57. The number of ether oxygens (including phenoxy) is 1. The Morgan fingerprint density at radius 1 is 1.28 bits per heavy atom. The smallest absolute Gasteiger partial charge is 0.191 e. The van der Waals surface area contributed by atoms with Crippen molar-refractivity contribution >= 4 is 15.8 Å². The number of hydrogen-bond donors (Lipinski definition) is 2. The molecule has 7 heteroatoms. The van der Waals surface area contributed by atoms with Gasteiger partial charge in [-0.1, -0.05) is 30.9 Å². The van der Waals surface area contributed by atoms with Crippen LogP contribution >= 0.6 is 0 Å². The van der Waals surface area contributed by atoms with Crippen molar-refractivity contribution < 1.29 is 13.2 Å². The lowest BCUT2D eigenvalue weighted by atomic mass is 10.2. The SMILES string of the molecule is C=CCOc1ccccc1CNC(=NC)NCCS(=O)(=O)C(C)(C)C.